The summed E-state index contributed by atoms with van der Waals surface area (Å²) in [6, 6.07) is 3.03. The second-order valence-electron chi connectivity index (χ2n) is 4.06. The summed E-state index contributed by atoms with van der Waals surface area (Å²) in [4.78, 5) is 0. The zero-order valence-electron chi connectivity index (χ0n) is 9.93. The number of rotatable bonds is 5. The first-order valence-corrected chi connectivity index (χ1v) is 6.35. The standard InChI is InChI=1S/C13H16BrF2N/c1-9(2)17-8-4-3-5-10-12(15)7-6-11(14)13(10)16/h3,5-7,9,17H,4,8H2,1-2H3/b5-3+. The molecule has 1 aromatic carbocycles. The van der Waals surface area contributed by atoms with Crippen LogP contribution in [0.4, 0.5) is 8.78 Å². The Morgan fingerprint density at radius 2 is 2.06 bits per heavy atom. The summed E-state index contributed by atoms with van der Waals surface area (Å²) in [6.07, 6.45) is 3.99. The zero-order valence-corrected chi connectivity index (χ0v) is 11.5. The van der Waals surface area contributed by atoms with Crippen LogP contribution in [0.3, 0.4) is 0 Å². The second-order valence-corrected chi connectivity index (χ2v) is 4.91. The topological polar surface area (TPSA) is 12.0 Å². The van der Waals surface area contributed by atoms with Crippen LogP contribution in [0.5, 0.6) is 0 Å². The van der Waals surface area contributed by atoms with Crippen LogP contribution in [-0.4, -0.2) is 12.6 Å². The molecule has 1 aromatic rings. The summed E-state index contributed by atoms with van der Waals surface area (Å²) in [5.74, 6) is -1.10. The van der Waals surface area contributed by atoms with Crippen LogP contribution in [0.15, 0.2) is 22.7 Å². The normalized spacial score (nSPS) is 11.6. The van der Waals surface area contributed by atoms with Gasteiger partial charge in [-0.05, 0) is 41.0 Å². The zero-order chi connectivity index (χ0) is 12.8. The maximum atomic E-state index is 13.5. The van der Waals surface area contributed by atoms with Crippen LogP contribution in [-0.2, 0) is 0 Å². The van der Waals surface area contributed by atoms with Crippen LogP contribution in [0.1, 0.15) is 25.8 Å². The first-order chi connectivity index (χ1) is 8.02. The van der Waals surface area contributed by atoms with Crippen molar-refractivity contribution in [1.82, 2.24) is 5.32 Å². The Morgan fingerprint density at radius 1 is 1.35 bits per heavy atom. The van der Waals surface area contributed by atoms with Gasteiger partial charge < -0.3 is 5.32 Å². The average molecular weight is 304 g/mol. The molecule has 0 spiro atoms. The van der Waals surface area contributed by atoms with Crippen molar-refractivity contribution in [3.8, 4) is 0 Å². The number of nitrogens with one attached hydrogen (secondary N) is 1. The average Bonchev–Trinajstić information content (AvgIpc) is 2.27. The minimum absolute atomic E-state index is 0.00363. The maximum Gasteiger partial charge on any atom is 0.147 e. The Labute approximate surface area is 109 Å². The van der Waals surface area contributed by atoms with Gasteiger partial charge in [0.05, 0.1) is 4.47 Å². The van der Waals surface area contributed by atoms with E-state index in [0.29, 0.717) is 6.04 Å². The van der Waals surface area contributed by atoms with Gasteiger partial charge in [-0.25, -0.2) is 8.78 Å². The van der Waals surface area contributed by atoms with E-state index in [2.05, 4.69) is 35.1 Å². The van der Waals surface area contributed by atoms with Crippen LogP contribution >= 0.6 is 15.9 Å². The lowest BCUT2D eigenvalue weighted by Crippen LogP contribution is -2.23. The lowest BCUT2D eigenvalue weighted by Gasteiger charge is -2.05. The molecular weight excluding hydrogens is 288 g/mol. The highest BCUT2D eigenvalue weighted by molar-refractivity contribution is 9.10. The third-order valence-corrected chi connectivity index (χ3v) is 2.84. The van der Waals surface area contributed by atoms with Gasteiger partial charge in [-0.15, -0.1) is 0 Å². The van der Waals surface area contributed by atoms with Crippen molar-refractivity contribution in [3.05, 3.63) is 39.9 Å². The molecule has 1 nitrogen and oxygen atoms in total. The summed E-state index contributed by atoms with van der Waals surface area (Å²) in [7, 11) is 0. The molecule has 1 rings (SSSR count). The summed E-state index contributed by atoms with van der Waals surface area (Å²) in [6.45, 7) is 4.90. The highest BCUT2D eigenvalue weighted by Crippen LogP contribution is 2.22. The van der Waals surface area contributed by atoms with E-state index in [4.69, 9.17) is 0 Å². The first kappa shape index (κ1) is 14.3. The SMILES string of the molecule is CC(C)NCC/C=C/c1c(F)ccc(Br)c1F. The summed E-state index contributed by atoms with van der Waals surface area (Å²) in [5, 5.41) is 3.22. The predicted molar refractivity (Wildman–Crippen MR) is 70.8 cm³/mol. The molecule has 0 saturated carbocycles. The molecule has 0 bridgehead atoms. The van der Waals surface area contributed by atoms with Gasteiger partial charge >= 0.3 is 0 Å². The molecule has 0 aliphatic carbocycles. The van der Waals surface area contributed by atoms with Gasteiger partial charge in [-0.3, -0.25) is 0 Å². The molecule has 0 aliphatic rings. The van der Waals surface area contributed by atoms with Crippen LogP contribution < -0.4 is 5.32 Å². The molecule has 0 atom stereocenters. The van der Waals surface area contributed by atoms with E-state index in [1.54, 1.807) is 6.08 Å². The number of hydrogen-bond donors (Lipinski definition) is 1. The number of benzene rings is 1. The van der Waals surface area contributed by atoms with E-state index in [0.717, 1.165) is 13.0 Å². The molecule has 0 heterocycles. The molecular formula is C13H16BrF2N. The Balaban J connectivity index is 2.62. The van der Waals surface area contributed by atoms with E-state index in [9.17, 15) is 8.78 Å². The van der Waals surface area contributed by atoms with Gasteiger partial charge in [0.1, 0.15) is 11.6 Å². The highest BCUT2D eigenvalue weighted by Gasteiger charge is 2.08. The van der Waals surface area contributed by atoms with Crippen molar-refractivity contribution in [2.75, 3.05) is 6.54 Å². The molecule has 0 fully saturated rings. The summed E-state index contributed by atoms with van der Waals surface area (Å²) >= 11 is 3.03. The second kappa shape index (κ2) is 6.87. The Kier molecular flexibility index (Phi) is 5.78. The quantitative estimate of drug-likeness (QED) is 0.637. The van der Waals surface area contributed by atoms with E-state index in [1.807, 2.05) is 0 Å². The van der Waals surface area contributed by atoms with Crippen LogP contribution in [0.2, 0.25) is 0 Å². The third kappa shape index (κ3) is 4.56. The fourth-order valence-corrected chi connectivity index (χ4v) is 1.70. The Bertz CT molecular complexity index is 403. The molecule has 4 heteroatoms. The van der Waals surface area contributed by atoms with Crippen molar-refractivity contribution in [2.45, 2.75) is 26.3 Å². The van der Waals surface area contributed by atoms with Crippen LogP contribution in [0.25, 0.3) is 6.08 Å². The van der Waals surface area contributed by atoms with Gasteiger partial charge in [0.25, 0.3) is 0 Å². The lowest BCUT2D eigenvalue weighted by molar-refractivity contribution is 0.573. The monoisotopic (exact) mass is 303 g/mol. The first-order valence-electron chi connectivity index (χ1n) is 5.55. The summed E-state index contributed by atoms with van der Waals surface area (Å²) in [5.41, 5.74) is 0.00363. The molecule has 0 amide bonds. The van der Waals surface area contributed by atoms with Crippen molar-refractivity contribution in [1.29, 1.82) is 0 Å². The van der Waals surface area contributed by atoms with E-state index in [-0.39, 0.29) is 10.0 Å². The largest absolute Gasteiger partial charge is 0.314 e. The van der Waals surface area contributed by atoms with Gasteiger partial charge in [0, 0.05) is 11.6 Å². The fraction of sp³-hybridized carbons (Fsp3) is 0.385. The van der Waals surface area contributed by atoms with Gasteiger partial charge in [-0.1, -0.05) is 26.0 Å². The molecule has 0 radical (unpaired) electrons. The maximum absolute atomic E-state index is 13.5. The minimum atomic E-state index is -0.557. The van der Waals surface area contributed by atoms with Crippen molar-refractivity contribution in [3.63, 3.8) is 0 Å². The van der Waals surface area contributed by atoms with Gasteiger partial charge in [0.15, 0.2) is 0 Å². The number of halogens is 3. The Hall–Kier alpha value is -0.740. The summed E-state index contributed by atoms with van der Waals surface area (Å²) < 4.78 is 27.2. The molecule has 94 valence electrons. The molecule has 0 saturated heterocycles. The molecule has 1 N–H and O–H groups in total. The fourth-order valence-electron chi connectivity index (χ4n) is 1.35. The minimum Gasteiger partial charge on any atom is -0.314 e. The van der Waals surface area contributed by atoms with Crippen molar-refractivity contribution >= 4 is 22.0 Å². The van der Waals surface area contributed by atoms with Crippen molar-refractivity contribution in [2.24, 2.45) is 0 Å². The lowest BCUT2D eigenvalue weighted by atomic mass is 10.1. The third-order valence-electron chi connectivity index (χ3n) is 2.23. The van der Waals surface area contributed by atoms with Crippen LogP contribution in [0, 0.1) is 11.6 Å². The molecule has 0 aromatic heterocycles. The predicted octanol–water partition coefficient (Wildman–Crippen LogP) is 4.13. The van der Waals surface area contributed by atoms with E-state index in [1.165, 1.54) is 18.2 Å². The molecule has 17 heavy (non-hydrogen) atoms. The van der Waals surface area contributed by atoms with Gasteiger partial charge in [0.2, 0.25) is 0 Å². The smallest absolute Gasteiger partial charge is 0.147 e. The van der Waals surface area contributed by atoms with E-state index >= 15 is 0 Å². The van der Waals surface area contributed by atoms with E-state index < -0.39 is 11.6 Å². The molecule has 0 aliphatic heterocycles. The molecule has 0 unspecified atom stereocenters. The number of hydrogen-bond acceptors (Lipinski definition) is 1. The van der Waals surface area contributed by atoms with Gasteiger partial charge in [-0.2, -0.15) is 0 Å². The van der Waals surface area contributed by atoms with Crippen molar-refractivity contribution < 1.29 is 8.78 Å². The Morgan fingerprint density at radius 3 is 2.71 bits per heavy atom. The highest BCUT2D eigenvalue weighted by atomic mass is 79.9.